The minimum Gasteiger partial charge on any atom is -0.267 e. The molecular formula is C8H9ClO3S. The van der Waals surface area contributed by atoms with Crippen LogP contribution in [0.25, 0.3) is 0 Å². The molecule has 1 rings (SSSR count). The molecule has 0 amide bonds. The quantitative estimate of drug-likeness (QED) is 0.733. The average Bonchev–Trinajstić information content (AvgIpc) is 2.04. The summed E-state index contributed by atoms with van der Waals surface area (Å²) in [6.45, 7) is 1.71. The summed E-state index contributed by atoms with van der Waals surface area (Å²) in [5.41, 5.74) is 0. The van der Waals surface area contributed by atoms with E-state index in [0.29, 0.717) is 0 Å². The van der Waals surface area contributed by atoms with E-state index in [-0.39, 0.29) is 16.5 Å². The molecule has 0 fully saturated rings. The van der Waals surface area contributed by atoms with Gasteiger partial charge in [0.05, 0.1) is 11.6 Å². The van der Waals surface area contributed by atoms with Gasteiger partial charge in [0.15, 0.2) is 0 Å². The molecule has 13 heavy (non-hydrogen) atoms. The van der Waals surface area contributed by atoms with Gasteiger partial charge < -0.3 is 0 Å². The van der Waals surface area contributed by atoms with Crippen molar-refractivity contribution in [3.8, 4) is 0 Å². The van der Waals surface area contributed by atoms with Gasteiger partial charge in [-0.2, -0.15) is 8.42 Å². The number of hydrogen-bond acceptors (Lipinski definition) is 3. The summed E-state index contributed by atoms with van der Waals surface area (Å²) in [7, 11) is -3.67. The van der Waals surface area contributed by atoms with Gasteiger partial charge in [-0.25, -0.2) is 0 Å². The van der Waals surface area contributed by atoms with Crippen LogP contribution in [-0.4, -0.2) is 15.0 Å². The Bertz CT molecular complexity index is 386. The lowest BCUT2D eigenvalue weighted by Gasteiger charge is -2.04. The summed E-state index contributed by atoms with van der Waals surface area (Å²) < 4.78 is 27.3. The van der Waals surface area contributed by atoms with E-state index in [0.717, 1.165) is 0 Å². The van der Waals surface area contributed by atoms with Gasteiger partial charge in [-0.3, -0.25) is 4.18 Å². The van der Waals surface area contributed by atoms with Crippen molar-refractivity contribution in [2.45, 2.75) is 11.8 Å². The highest BCUT2D eigenvalue weighted by Crippen LogP contribution is 2.21. The first-order valence-electron chi connectivity index (χ1n) is 3.72. The molecule has 0 aromatic heterocycles. The monoisotopic (exact) mass is 220 g/mol. The van der Waals surface area contributed by atoms with Crippen molar-refractivity contribution >= 4 is 21.7 Å². The van der Waals surface area contributed by atoms with E-state index < -0.39 is 10.1 Å². The standard InChI is InChI=1S/C8H9ClO3S/c1-2-12-13(10,11)8-6-4-3-5-7(8)9/h3-6H,2H2,1H3. The molecule has 0 N–H and O–H groups in total. The fraction of sp³-hybridized carbons (Fsp3) is 0.250. The van der Waals surface area contributed by atoms with E-state index in [1.807, 2.05) is 0 Å². The summed E-state index contributed by atoms with van der Waals surface area (Å²) in [5.74, 6) is 0. The largest absolute Gasteiger partial charge is 0.298 e. The molecule has 0 heterocycles. The number of hydrogen-bond donors (Lipinski definition) is 0. The second-order valence-electron chi connectivity index (χ2n) is 2.29. The fourth-order valence-electron chi connectivity index (χ4n) is 0.866. The molecule has 72 valence electrons. The average molecular weight is 221 g/mol. The second-order valence-corrected chi connectivity index (χ2v) is 4.28. The van der Waals surface area contributed by atoms with Crippen LogP contribution in [-0.2, 0) is 14.3 Å². The molecule has 0 saturated carbocycles. The van der Waals surface area contributed by atoms with Crippen LogP contribution >= 0.6 is 11.6 Å². The van der Waals surface area contributed by atoms with Crippen molar-refractivity contribution in [1.29, 1.82) is 0 Å². The van der Waals surface area contributed by atoms with Gasteiger partial charge in [0, 0.05) is 0 Å². The maximum atomic E-state index is 11.3. The lowest BCUT2D eigenvalue weighted by molar-refractivity contribution is 0.338. The Morgan fingerprint density at radius 2 is 2.00 bits per heavy atom. The molecule has 0 aliphatic heterocycles. The van der Waals surface area contributed by atoms with Crippen molar-refractivity contribution in [3.05, 3.63) is 29.3 Å². The Labute approximate surface area is 82.4 Å². The summed E-state index contributed by atoms with van der Waals surface area (Å²) in [6, 6.07) is 6.17. The molecule has 0 radical (unpaired) electrons. The van der Waals surface area contributed by atoms with Crippen LogP contribution in [0.5, 0.6) is 0 Å². The maximum absolute atomic E-state index is 11.3. The topological polar surface area (TPSA) is 43.4 Å². The molecule has 0 atom stereocenters. The minimum atomic E-state index is -3.67. The Morgan fingerprint density at radius 1 is 1.38 bits per heavy atom. The van der Waals surface area contributed by atoms with Crippen LogP contribution in [0.4, 0.5) is 0 Å². The molecule has 0 unspecified atom stereocenters. The van der Waals surface area contributed by atoms with E-state index in [4.69, 9.17) is 11.6 Å². The van der Waals surface area contributed by atoms with Gasteiger partial charge in [0.1, 0.15) is 4.90 Å². The van der Waals surface area contributed by atoms with Gasteiger partial charge >= 0.3 is 0 Å². The normalized spacial score (nSPS) is 11.5. The Kier molecular flexibility index (Phi) is 3.30. The van der Waals surface area contributed by atoms with Crippen molar-refractivity contribution < 1.29 is 12.6 Å². The van der Waals surface area contributed by atoms with Crippen LogP contribution in [0.3, 0.4) is 0 Å². The lowest BCUT2D eigenvalue weighted by Crippen LogP contribution is -2.06. The summed E-state index contributed by atoms with van der Waals surface area (Å²) >= 11 is 5.69. The van der Waals surface area contributed by atoms with Crippen molar-refractivity contribution in [3.63, 3.8) is 0 Å². The Hall–Kier alpha value is -0.580. The first-order valence-corrected chi connectivity index (χ1v) is 5.50. The lowest BCUT2D eigenvalue weighted by atomic mass is 10.4. The smallest absolute Gasteiger partial charge is 0.267 e. The molecule has 0 saturated heterocycles. The van der Waals surface area contributed by atoms with Crippen LogP contribution < -0.4 is 0 Å². The third-order valence-corrected chi connectivity index (χ3v) is 3.26. The molecule has 0 aliphatic carbocycles. The van der Waals surface area contributed by atoms with Gasteiger partial charge in [-0.05, 0) is 19.1 Å². The number of rotatable bonds is 3. The van der Waals surface area contributed by atoms with E-state index >= 15 is 0 Å². The van der Waals surface area contributed by atoms with Crippen LogP contribution in [0, 0.1) is 0 Å². The van der Waals surface area contributed by atoms with Crippen molar-refractivity contribution in [2.75, 3.05) is 6.61 Å². The van der Waals surface area contributed by atoms with E-state index in [1.54, 1.807) is 19.1 Å². The van der Waals surface area contributed by atoms with Crippen LogP contribution in [0.15, 0.2) is 29.2 Å². The summed E-state index contributed by atoms with van der Waals surface area (Å²) in [4.78, 5) is 0.0125. The number of halogens is 1. The molecule has 1 aromatic rings. The predicted molar refractivity (Wildman–Crippen MR) is 50.3 cm³/mol. The third-order valence-electron chi connectivity index (χ3n) is 1.38. The minimum absolute atomic E-state index is 0.0125. The molecule has 0 bridgehead atoms. The van der Waals surface area contributed by atoms with Crippen LogP contribution in [0.1, 0.15) is 6.92 Å². The van der Waals surface area contributed by atoms with E-state index in [2.05, 4.69) is 4.18 Å². The highest BCUT2D eigenvalue weighted by atomic mass is 35.5. The molecule has 3 nitrogen and oxygen atoms in total. The summed E-state index contributed by atoms with van der Waals surface area (Å²) in [6.07, 6.45) is 0. The SMILES string of the molecule is CCOS(=O)(=O)c1ccccc1Cl. The van der Waals surface area contributed by atoms with Gasteiger partial charge in [-0.1, -0.05) is 23.7 Å². The molecule has 0 spiro atoms. The van der Waals surface area contributed by atoms with Crippen molar-refractivity contribution in [1.82, 2.24) is 0 Å². The van der Waals surface area contributed by atoms with E-state index in [9.17, 15) is 8.42 Å². The molecular weight excluding hydrogens is 212 g/mol. The highest BCUT2D eigenvalue weighted by Gasteiger charge is 2.16. The molecule has 0 aliphatic rings. The summed E-state index contributed by atoms with van der Waals surface area (Å²) in [5, 5.41) is 0.177. The zero-order valence-electron chi connectivity index (χ0n) is 7.03. The Morgan fingerprint density at radius 3 is 2.54 bits per heavy atom. The predicted octanol–water partition coefficient (Wildman–Crippen LogP) is 2.07. The highest BCUT2D eigenvalue weighted by molar-refractivity contribution is 7.86. The Balaban J connectivity index is 3.15. The van der Waals surface area contributed by atoms with Crippen molar-refractivity contribution in [2.24, 2.45) is 0 Å². The van der Waals surface area contributed by atoms with Gasteiger partial charge in [-0.15, -0.1) is 0 Å². The number of benzene rings is 1. The van der Waals surface area contributed by atoms with Gasteiger partial charge in [0.2, 0.25) is 0 Å². The molecule has 1 aromatic carbocycles. The second kappa shape index (κ2) is 4.09. The first kappa shape index (κ1) is 10.5. The van der Waals surface area contributed by atoms with Crippen LogP contribution in [0.2, 0.25) is 5.02 Å². The zero-order valence-corrected chi connectivity index (χ0v) is 8.60. The van der Waals surface area contributed by atoms with E-state index in [1.165, 1.54) is 12.1 Å². The fourth-order valence-corrected chi connectivity index (χ4v) is 2.27. The maximum Gasteiger partial charge on any atom is 0.298 e. The third kappa shape index (κ3) is 2.43. The zero-order chi connectivity index (χ0) is 9.90. The van der Waals surface area contributed by atoms with Gasteiger partial charge in [0.25, 0.3) is 10.1 Å². The first-order chi connectivity index (χ1) is 6.08. The molecule has 5 heteroatoms.